The van der Waals surface area contributed by atoms with Gasteiger partial charge >= 0.3 is 0 Å². The van der Waals surface area contributed by atoms with E-state index in [4.69, 9.17) is 19.3 Å². The summed E-state index contributed by atoms with van der Waals surface area (Å²) in [4.78, 5) is 0. The first-order valence-corrected chi connectivity index (χ1v) is 5.84. The maximum Gasteiger partial charge on any atom is 0.158 e. The van der Waals surface area contributed by atoms with Crippen molar-refractivity contribution in [1.29, 1.82) is 0 Å². The van der Waals surface area contributed by atoms with Gasteiger partial charge in [0.1, 0.15) is 0 Å². The van der Waals surface area contributed by atoms with Crippen molar-refractivity contribution in [1.82, 2.24) is 5.32 Å². The summed E-state index contributed by atoms with van der Waals surface area (Å²) in [6.45, 7) is 6.49. The van der Waals surface area contributed by atoms with Gasteiger partial charge < -0.3 is 24.6 Å². The fourth-order valence-corrected chi connectivity index (χ4v) is 1.37. The number of aliphatic hydroxyl groups excluding tert-OH is 1. The molecule has 16 heavy (non-hydrogen) atoms. The maximum absolute atomic E-state index is 9.02. The number of aliphatic hydroxyl groups is 1. The van der Waals surface area contributed by atoms with E-state index in [1.54, 1.807) is 7.11 Å². The van der Waals surface area contributed by atoms with Crippen LogP contribution in [-0.4, -0.2) is 57.5 Å². The van der Waals surface area contributed by atoms with Crippen LogP contribution >= 0.6 is 0 Å². The molecule has 1 unspecified atom stereocenters. The lowest BCUT2D eigenvalue weighted by Gasteiger charge is -2.19. The highest BCUT2D eigenvalue weighted by molar-refractivity contribution is 4.64. The first kappa shape index (κ1) is 15.8. The Kier molecular flexibility index (Phi) is 11.1. The molecule has 0 spiro atoms. The number of methoxy groups -OCH3 is 1. The van der Waals surface area contributed by atoms with E-state index < -0.39 is 0 Å². The summed E-state index contributed by atoms with van der Waals surface area (Å²) < 4.78 is 15.8. The first-order chi connectivity index (χ1) is 7.78. The monoisotopic (exact) mass is 235 g/mol. The molecule has 0 aromatic carbocycles. The Morgan fingerprint density at radius 1 is 1.19 bits per heavy atom. The van der Waals surface area contributed by atoms with Crippen molar-refractivity contribution in [3.63, 3.8) is 0 Å². The molecule has 0 aliphatic heterocycles. The Morgan fingerprint density at radius 2 is 1.81 bits per heavy atom. The molecule has 0 aromatic heterocycles. The molecule has 0 aromatic rings. The fraction of sp³-hybridized carbons (Fsp3) is 1.00. The molecule has 0 aliphatic rings. The predicted molar refractivity (Wildman–Crippen MR) is 62.4 cm³/mol. The molecular weight excluding hydrogens is 210 g/mol. The van der Waals surface area contributed by atoms with Gasteiger partial charge in [-0.25, -0.2) is 0 Å². The average Bonchev–Trinajstić information content (AvgIpc) is 2.28. The Bertz CT molecular complexity index is 140. The number of rotatable bonds is 11. The number of nitrogens with one attached hydrogen (secondary N) is 1. The summed E-state index contributed by atoms with van der Waals surface area (Å²) >= 11 is 0. The standard InChI is InChI=1S/C11H25NO4/c1-4-15-11(16-5-2)6-7-12-10(8-13)9-14-3/h10-13H,4-9H2,1-3H3. The smallest absolute Gasteiger partial charge is 0.158 e. The van der Waals surface area contributed by atoms with Gasteiger partial charge in [-0.05, 0) is 13.8 Å². The third-order valence-electron chi connectivity index (χ3n) is 2.11. The Labute approximate surface area is 98.1 Å². The van der Waals surface area contributed by atoms with Gasteiger partial charge in [0.05, 0.1) is 19.3 Å². The highest BCUT2D eigenvalue weighted by atomic mass is 16.7. The molecule has 1 atom stereocenters. The van der Waals surface area contributed by atoms with Crippen molar-refractivity contribution < 1.29 is 19.3 Å². The minimum Gasteiger partial charge on any atom is -0.395 e. The minimum absolute atomic E-state index is 0.0195. The van der Waals surface area contributed by atoms with Crippen molar-refractivity contribution in [2.45, 2.75) is 32.6 Å². The van der Waals surface area contributed by atoms with Gasteiger partial charge in [-0.3, -0.25) is 0 Å². The van der Waals surface area contributed by atoms with Crippen LogP contribution in [0.4, 0.5) is 0 Å². The molecule has 0 fully saturated rings. The van der Waals surface area contributed by atoms with Gasteiger partial charge in [0, 0.05) is 33.3 Å². The molecule has 2 N–H and O–H groups in total. The molecule has 98 valence electrons. The van der Waals surface area contributed by atoms with Gasteiger partial charge in [0.25, 0.3) is 0 Å². The second-order valence-electron chi connectivity index (χ2n) is 3.42. The van der Waals surface area contributed by atoms with Crippen LogP contribution in [0.3, 0.4) is 0 Å². The lowest BCUT2D eigenvalue weighted by Crippen LogP contribution is -2.38. The molecule has 0 aliphatic carbocycles. The lowest BCUT2D eigenvalue weighted by molar-refractivity contribution is -0.139. The van der Waals surface area contributed by atoms with Gasteiger partial charge in [0.2, 0.25) is 0 Å². The highest BCUT2D eigenvalue weighted by Gasteiger charge is 2.10. The molecule has 0 heterocycles. The number of hydrogen-bond donors (Lipinski definition) is 2. The van der Waals surface area contributed by atoms with Crippen LogP contribution in [0.2, 0.25) is 0 Å². The van der Waals surface area contributed by atoms with E-state index in [9.17, 15) is 0 Å². The van der Waals surface area contributed by atoms with E-state index in [2.05, 4.69) is 5.32 Å². The molecule has 0 amide bonds. The zero-order valence-electron chi connectivity index (χ0n) is 10.6. The van der Waals surface area contributed by atoms with Crippen molar-refractivity contribution in [3.8, 4) is 0 Å². The van der Waals surface area contributed by atoms with Crippen LogP contribution in [0.5, 0.6) is 0 Å². The average molecular weight is 235 g/mol. The molecule has 0 rings (SSSR count). The van der Waals surface area contributed by atoms with E-state index in [0.717, 1.165) is 13.0 Å². The molecule has 0 bridgehead atoms. The molecule has 0 saturated carbocycles. The van der Waals surface area contributed by atoms with Crippen LogP contribution in [0, 0.1) is 0 Å². The summed E-state index contributed by atoms with van der Waals surface area (Å²) in [7, 11) is 1.62. The largest absolute Gasteiger partial charge is 0.395 e. The van der Waals surface area contributed by atoms with Gasteiger partial charge in [-0.1, -0.05) is 0 Å². The fourth-order valence-electron chi connectivity index (χ4n) is 1.37. The summed E-state index contributed by atoms with van der Waals surface area (Å²) in [6.07, 6.45) is 0.603. The third kappa shape index (κ3) is 8.01. The van der Waals surface area contributed by atoms with Crippen LogP contribution in [0.1, 0.15) is 20.3 Å². The summed E-state index contributed by atoms with van der Waals surface area (Å²) in [5, 5.41) is 12.2. The van der Waals surface area contributed by atoms with Crippen molar-refractivity contribution in [2.75, 3.05) is 40.1 Å². The van der Waals surface area contributed by atoms with E-state index >= 15 is 0 Å². The molecule has 5 heteroatoms. The van der Waals surface area contributed by atoms with E-state index in [0.29, 0.717) is 19.8 Å². The van der Waals surface area contributed by atoms with Crippen LogP contribution in [-0.2, 0) is 14.2 Å². The first-order valence-electron chi connectivity index (χ1n) is 5.84. The maximum atomic E-state index is 9.02. The topological polar surface area (TPSA) is 60.0 Å². The second kappa shape index (κ2) is 11.3. The second-order valence-corrected chi connectivity index (χ2v) is 3.42. The van der Waals surface area contributed by atoms with Crippen LogP contribution in [0.25, 0.3) is 0 Å². The summed E-state index contributed by atoms with van der Waals surface area (Å²) in [5.74, 6) is 0. The number of hydrogen-bond acceptors (Lipinski definition) is 5. The van der Waals surface area contributed by atoms with E-state index in [-0.39, 0.29) is 18.9 Å². The summed E-state index contributed by atoms with van der Waals surface area (Å²) in [5.41, 5.74) is 0. The van der Waals surface area contributed by atoms with Gasteiger partial charge in [-0.15, -0.1) is 0 Å². The molecule has 5 nitrogen and oxygen atoms in total. The summed E-state index contributed by atoms with van der Waals surface area (Å²) in [6, 6.07) is -0.0195. The third-order valence-corrected chi connectivity index (χ3v) is 2.11. The number of ether oxygens (including phenoxy) is 3. The van der Waals surface area contributed by atoms with Crippen LogP contribution < -0.4 is 5.32 Å². The minimum atomic E-state index is -0.163. The predicted octanol–water partition coefficient (Wildman–Crippen LogP) is 0.373. The van der Waals surface area contributed by atoms with E-state index in [1.165, 1.54) is 0 Å². The zero-order chi connectivity index (χ0) is 12.2. The highest BCUT2D eigenvalue weighted by Crippen LogP contribution is 2.00. The SMILES string of the molecule is CCOC(CCNC(CO)COC)OCC. The molecule has 0 saturated heterocycles. The molecular formula is C11H25NO4. The Hall–Kier alpha value is -0.200. The van der Waals surface area contributed by atoms with Gasteiger partial charge in [-0.2, -0.15) is 0 Å². The zero-order valence-corrected chi connectivity index (χ0v) is 10.6. The van der Waals surface area contributed by atoms with Crippen molar-refractivity contribution in [3.05, 3.63) is 0 Å². The van der Waals surface area contributed by atoms with Crippen molar-refractivity contribution in [2.24, 2.45) is 0 Å². The quantitative estimate of drug-likeness (QED) is 0.507. The Morgan fingerprint density at radius 3 is 2.25 bits per heavy atom. The van der Waals surface area contributed by atoms with Crippen molar-refractivity contribution >= 4 is 0 Å². The Balaban J connectivity index is 3.65. The van der Waals surface area contributed by atoms with Crippen LogP contribution in [0.15, 0.2) is 0 Å². The van der Waals surface area contributed by atoms with E-state index in [1.807, 2.05) is 13.8 Å². The van der Waals surface area contributed by atoms with Gasteiger partial charge in [0.15, 0.2) is 6.29 Å². The normalized spacial score (nSPS) is 13.3. The molecule has 0 radical (unpaired) electrons. The lowest BCUT2D eigenvalue weighted by atomic mass is 10.3.